The Hall–Kier alpha value is -1.65. The molecule has 3 rings (SSSR count). The predicted molar refractivity (Wildman–Crippen MR) is 87.2 cm³/mol. The van der Waals surface area contributed by atoms with Crippen LogP contribution < -0.4 is 9.47 Å². The maximum Gasteiger partial charge on any atom is 0.146 e. The van der Waals surface area contributed by atoms with Crippen molar-refractivity contribution in [2.45, 2.75) is 12.8 Å². The number of rotatable bonds is 6. The maximum absolute atomic E-state index is 12.6. The van der Waals surface area contributed by atoms with Crippen LogP contribution in [0.15, 0.2) is 47.1 Å². The Morgan fingerprint density at radius 1 is 1.12 bits per heavy atom. The fraction of sp³-hybridized carbons (Fsp3) is 0.211. The van der Waals surface area contributed by atoms with E-state index in [-0.39, 0.29) is 38.5 Å². The molecule has 1 heterocycles. The molecule has 24 heavy (non-hydrogen) atoms. The van der Waals surface area contributed by atoms with Gasteiger partial charge in [-0.05, 0) is 35.7 Å². The molecule has 3 aromatic rings. The maximum atomic E-state index is 12.6. The van der Waals surface area contributed by atoms with Gasteiger partial charge in [0, 0.05) is 56.0 Å². The Balaban J connectivity index is 0.00000208. The number of ether oxygens (including phenoxy) is 2. The number of benzene rings is 2. The van der Waals surface area contributed by atoms with Gasteiger partial charge in [-0.25, -0.2) is 0 Å². The molecule has 0 spiro atoms. The van der Waals surface area contributed by atoms with Crippen LogP contribution in [0.25, 0.3) is 11.0 Å². The van der Waals surface area contributed by atoms with Gasteiger partial charge in [0.15, 0.2) is 0 Å². The molecule has 4 nitrogen and oxygen atoms in total. The third-order valence-electron chi connectivity index (χ3n) is 3.80. The number of hydrogen-bond donors (Lipinski definition) is 0. The van der Waals surface area contributed by atoms with Gasteiger partial charge in [-0.15, -0.1) is 12.1 Å². The Labute approximate surface area is 166 Å². The van der Waals surface area contributed by atoms with E-state index in [9.17, 15) is 4.79 Å². The van der Waals surface area contributed by atoms with Crippen molar-refractivity contribution >= 4 is 16.8 Å². The second-order valence-electron chi connectivity index (χ2n) is 5.18. The number of aryl methyl sites for hydroxylation is 1. The molecular formula is C19H17O4Y-. The predicted octanol–water partition coefficient (Wildman–Crippen LogP) is 4.06. The van der Waals surface area contributed by atoms with Crippen LogP contribution in [0.2, 0.25) is 0 Å². The molecule has 5 heteroatoms. The monoisotopic (exact) mass is 398 g/mol. The average molecular weight is 398 g/mol. The minimum atomic E-state index is -0.0139. The van der Waals surface area contributed by atoms with Crippen molar-refractivity contribution in [3.8, 4) is 11.5 Å². The summed E-state index contributed by atoms with van der Waals surface area (Å²) in [6, 6.07) is 14.1. The smallest absolute Gasteiger partial charge is 0.146 e. The minimum Gasteiger partial charge on any atom is -0.553 e. The molecule has 121 valence electrons. The molecule has 0 saturated carbocycles. The first-order valence-electron chi connectivity index (χ1n) is 7.34. The van der Waals surface area contributed by atoms with Gasteiger partial charge >= 0.3 is 0 Å². The van der Waals surface area contributed by atoms with E-state index in [1.807, 2.05) is 24.3 Å². The summed E-state index contributed by atoms with van der Waals surface area (Å²) in [4.78, 5) is 12.6. The van der Waals surface area contributed by atoms with Gasteiger partial charge in [0.25, 0.3) is 0 Å². The topological polar surface area (TPSA) is 48.7 Å². The largest absolute Gasteiger partial charge is 0.553 e. The summed E-state index contributed by atoms with van der Waals surface area (Å²) in [5, 5.41) is 1.04. The molecule has 0 aliphatic rings. The molecule has 0 unspecified atom stereocenters. The van der Waals surface area contributed by atoms with Gasteiger partial charge in [0.1, 0.15) is 11.4 Å². The second-order valence-corrected chi connectivity index (χ2v) is 5.18. The van der Waals surface area contributed by atoms with Crippen LogP contribution in [-0.2, 0) is 39.1 Å². The quantitative estimate of drug-likeness (QED) is 0.464. The van der Waals surface area contributed by atoms with Crippen LogP contribution in [-0.4, -0.2) is 20.0 Å². The van der Waals surface area contributed by atoms with E-state index in [0.717, 1.165) is 16.5 Å². The summed E-state index contributed by atoms with van der Waals surface area (Å²) < 4.78 is 15.9. The van der Waals surface area contributed by atoms with Gasteiger partial charge in [-0.1, -0.05) is 6.07 Å². The van der Waals surface area contributed by atoms with Crippen LogP contribution in [0.4, 0.5) is 0 Å². The summed E-state index contributed by atoms with van der Waals surface area (Å²) in [6.45, 7) is 0. The number of methoxy groups -OCH3 is 2. The SMILES string of the molecule is COc1c[c-]cc(OC)c1C(=O)CCc1ccc2occc2c1.[Y]. The van der Waals surface area contributed by atoms with Crippen LogP contribution in [0, 0.1) is 6.07 Å². The van der Waals surface area contributed by atoms with Crippen molar-refractivity contribution in [1.82, 2.24) is 0 Å². The molecule has 2 aromatic carbocycles. The molecule has 0 saturated heterocycles. The van der Waals surface area contributed by atoms with E-state index in [1.54, 1.807) is 18.4 Å². The number of Topliss-reactive ketones (excluding diaryl/α,β-unsaturated/α-hetero) is 1. The van der Waals surface area contributed by atoms with E-state index < -0.39 is 0 Å². The first-order valence-corrected chi connectivity index (χ1v) is 7.34. The molecule has 0 fully saturated rings. The second kappa shape index (κ2) is 8.45. The summed E-state index contributed by atoms with van der Waals surface area (Å²) >= 11 is 0. The number of furan rings is 1. The standard InChI is InChI=1S/C19H17O4.Y/c1-21-17-4-3-5-18(22-2)19(17)15(20)8-6-13-7-9-16-14(12-13)10-11-23-16;/h4-5,7,9-12H,6,8H2,1-2H3;/q-1;. The fourth-order valence-electron chi connectivity index (χ4n) is 2.61. The number of hydrogen-bond acceptors (Lipinski definition) is 4. The molecule has 0 atom stereocenters. The molecular weight excluding hydrogens is 381 g/mol. The summed E-state index contributed by atoms with van der Waals surface area (Å²) in [5.74, 6) is 0.958. The number of carbonyl (C=O) groups excluding carboxylic acids is 1. The van der Waals surface area contributed by atoms with Gasteiger partial charge in [0.2, 0.25) is 0 Å². The van der Waals surface area contributed by atoms with E-state index in [4.69, 9.17) is 13.9 Å². The summed E-state index contributed by atoms with van der Waals surface area (Å²) in [6.07, 6.45) is 2.68. The Morgan fingerprint density at radius 2 is 1.83 bits per heavy atom. The van der Waals surface area contributed by atoms with Crippen molar-refractivity contribution in [3.05, 3.63) is 59.9 Å². The molecule has 1 aromatic heterocycles. The summed E-state index contributed by atoms with van der Waals surface area (Å²) in [5.41, 5.74) is 2.41. The Kier molecular flexibility index (Phi) is 6.58. The average Bonchev–Trinajstić information content (AvgIpc) is 3.06. The van der Waals surface area contributed by atoms with Crippen LogP contribution in [0.5, 0.6) is 11.5 Å². The van der Waals surface area contributed by atoms with Crippen molar-refractivity contribution < 1.29 is 51.4 Å². The zero-order chi connectivity index (χ0) is 16.2. The zero-order valence-electron chi connectivity index (χ0n) is 13.7. The minimum absolute atomic E-state index is 0. The summed E-state index contributed by atoms with van der Waals surface area (Å²) in [7, 11) is 3.07. The van der Waals surface area contributed by atoms with Gasteiger partial charge in [-0.2, -0.15) is 6.07 Å². The van der Waals surface area contributed by atoms with Gasteiger partial charge < -0.3 is 13.9 Å². The zero-order valence-corrected chi connectivity index (χ0v) is 16.5. The fourth-order valence-corrected chi connectivity index (χ4v) is 2.61. The first-order chi connectivity index (χ1) is 11.2. The van der Waals surface area contributed by atoms with Crippen LogP contribution in [0.1, 0.15) is 22.3 Å². The van der Waals surface area contributed by atoms with E-state index in [2.05, 4.69) is 6.07 Å². The normalized spacial score (nSPS) is 10.2. The number of ketones is 1. The van der Waals surface area contributed by atoms with Crippen LogP contribution >= 0.6 is 0 Å². The molecule has 0 amide bonds. The molecule has 0 N–H and O–H groups in total. The number of fused-ring (bicyclic) bond motifs is 1. The molecule has 0 aliphatic heterocycles. The van der Waals surface area contributed by atoms with E-state index >= 15 is 0 Å². The number of carbonyl (C=O) groups is 1. The molecule has 0 bridgehead atoms. The first kappa shape index (κ1) is 18.7. The molecule has 0 aliphatic carbocycles. The third kappa shape index (κ3) is 3.88. The van der Waals surface area contributed by atoms with Crippen molar-refractivity contribution in [2.24, 2.45) is 0 Å². The molecule has 1 radical (unpaired) electrons. The van der Waals surface area contributed by atoms with E-state index in [0.29, 0.717) is 29.9 Å². The van der Waals surface area contributed by atoms with Crippen molar-refractivity contribution in [3.63, 3.8) is 0 Å². The third-order valence-corrected chi connectivity index (χ3v) is 3.80. The Morgan fingerprint density at radius 3 is 2.50 bits per heavy atom. The van der Waals surface area contributed by atoms with Crippen molar-refractivity contribution in [2.75, 3.05) is 14.2 Å². The van der Waals surface area contributed by atoms with Crippen molar-refractivity contribution in [1.29, 1.82) is 0 Å². The van der Waals surface area contributed by atoms with Crippen LogP contribution in [0.3, 0.4) is 0 Å². The van der Waals surface area contributed by atoms with E-state index in [1.165, 1.54) is 14.2 Å². The van der Waals surface area contributed by atoms with Gasteiger partial charge in [0.05, 0.1) is 20.5 Å². The Bertz CT molecular complexity index is 816. The van der Waals surface area contributed by atoms with Gasteiger partial charge in [-0.3, -0.25) is 4.79 Å².